The third-order valence-corrected chi connectivity index (χ3v) is 3.54. The topological polar surface area (TPSA) is 38.3 Å². The Kier molecular flexibility index (Phi) is 6.56. The van der Waals surface area contributed by atoms with Gasteiger partial charge in [-0.1, -0.05) is 25.7 Å². The quantitative estimate of drug-likeness (QED) is 0.594. The zero-order chi connectivity index (χ0) is 12.7. The second kappa shape index (κ2) is 7.70. The van der Waals surface area contributed by atoms with Crippen LogP contribution in [0.5, 0.6) is 0 Å². The average Bonchev–Trinajstić information content (AvgIpc) is 2.53. The Bertz CT molecular complexity index is 220. The zero-order valence-electron chi connectivity index (χ0n) is 11.5. The molecule has 0 spiro atoms. The number of hydrogen-bond donors (Lipinski definition) is 1. The molecule has 0 heterocycles. The van der Waals surface area contributed by atoms with Crippen molar-refractivity contribution in [2.24, 2.45) is 5.92 Å². The summed E-state index contributed by atoms with van der Waals surface area (Å²) in [5.41, 5.74) is 0. The molecule has 1 fully saturated rings. The van der Waals surface area contributed by atoms with Crippen LogP contribution in [0.25, 0.3) is 0 Å². The summed E-state index contributed by atoms with van der Waals surface area (Å²) in [6, 6.07) is 0.424. The van der Waals surface area contributed by atoms with Gasteiger partial charge in [-0.25, -0.2) is 0 Å². The number of esters is 1. The summed E-state index contributed by atoms with van der Waals surface area (Å²) in [7, 11) is 0. The summed E-state index contributed by atoms with van der Waals surface area (Å²) >= 11 is 0. The third kappa shape index (κ3) is 6.06. The summed E-state index contributed by atoms with van der Waals surface area (Å²) < 4.78 is 5.11. The molecular weight excluding hydrogens is 214 g/mol. The van der Waals surface area contributed by atoms with Gasteiger partial charge in [-0.3, -0.25) is 4.79 Å². The molecule has 0 aliphatic heterocycles. The molecule has 1 N–H and O–H groups in total. The van der Waals surface area contributed by atoms with E-state index in [1.54, 1.807) is 0 Å². The second-order valence-corrected chi connectivity index (χ2v) is 5.46. The molecular formula is C14H27NO2. The van der Waals surface area contributed by atoms with E-state index < -0.39 is 0 Å². The molecule has 1 atom stereocenters. The Hall–Kier alpha value is -0.570. The molecule has 0 saturated heterocycles. The monoisotopic (exact) mass is 241 g/mol. The number of rotatable bonds is 5. The van der Waals surface area contributed by atoms with E-state index in [1.807, 2.05) is 13.8 Å². The van der Waals surface area contributed by atoms with E-state index in [2.05, 4.69) is 12.2 Å². The van der Waals surface area contributed by atoms with E-state index in [4.69, 9.17) is 4.74 Å². The summed E-state index contributed by atoms with van der Waals surface area (Å²) in [5.74, 6) is 0.588. The molecule has 0 radical (unpaired) electrons. The van der Waals surface area contributed by atoms with Crippen LogP contribution in [-0.2, 0) is 9.53 Å². The van der Waals surface area contributed by atoms with Gasteiger partial charge in [0.2, 0.25) is 0 Å². The molecule has 0 amide bonds. The predicted molar refractivity (Wildman–Crippen MR) is 69.9 cm³/mol. The van der Waals surface area contributed by atoms with Gasteiger partial charge in [0.1, 0.15) is 0 Å². The number of carbonyl (C=O) groups is 1. The van der Waals surface area contributed by atoms with Crippen LogP contribution in [0.1, 0.15) is 59.3 Å². The SMILES string of the molecule is CC(C)OC(=O)CN[C@@H](C)C1CCCCCC1. The predicted octanol–water partition coefficient (Wildman–Crippen LogP) is 2.89. The van der Waals surface area contributed by atoms with Gasteiger partial charge in [0.25, 0.3) is 0 Å². The van der Waals surface area contributed by atoms with Crippen molar-refractivity contribution in [1.82, 2.24) is 5.32 Å². The second-order valence-electron chi connectivity index (χ2n) is 5.46. The maximum atomic E-state index is 11.4. The summed E-state index contributed by atoms with van der Waals surface area (Å²) in [5, 5.41) is 3.31. The van der Waals surface area contributed by atoms with E-state index >= 15 is 0 Å². The Balaban J connectivity index is 2.23. The summed E-state index contributed by atoms with van der Waals surface area (Å²) in [6.45, 7) is 6.30. The lowest BCUT2D eigenvalue weighted by Crippen LogP contribution is -2.38. The van der Waals surface area contributed by atoms with Gasteiger partial charge < -0.3 is 10.1 Å². The summed E-state index contributed by atoms with van der Waals surface area (Å²) in [4.78, 5) is 11.4. The molecule has 1 saturated carbocycles. The maximum Gasteiger partial charge on any atom is 0.320 e. The van der Waals surface area contributed by atoms with Crippen LogP contribution >= 0.6 is 0 Å². The first-order chi connectivity index (χ1) is 8.09. The lowest BCUT2D eigenvalue weighted by molar-refractivity contribution is -0.146. The van der Waals surface area contributed by atoms with E-state index in [9.17, 15) is 4.79 Å². The smallest absolute Gasteiger partial charge is 0.320 e. The molecule has 3 nitrogen and oxygen atoms in total. The fourth-order valence-electron chi connectivity index (χ4n) is 2.53. The lowest BCUT2D eigenvalue weighted by atomic mass is 9.93. The van der Waals surface area contributed by atoms with Gasteiger partial charge in [0, 0.05) is 6.04 Å². The highest BCUT2D eigenvalue weighted by molar-refractivity contribution is 5.71. The van der Waals surface area contributed by atoms with Crippen molar-refractivity contribution in [3.63, 3.8) is 0 Å². The first-order valence-electron chi connectivity index (χ1n) is 7.02. The molecule has 0 aromatic rings. The highest BCUT2D eigenvalue weighted by Gasteiger charge is 2.19. The minimum absolute atomic E-state index is 0.0162. The van der Waals surface area contributed by atoms with Crippen LogP contribution < -0.4 is 5.32 Å². The van der Waals surface area contributed by atoms with Crippen molar-refractivity contribution >= 4 is 5.97 Å². The molecule has 3 heteroatoms. The molecule has 1 rings (SSSR count). The average molecular weight is 241 g/mol. The van der Waals surface area contributed by atoms with Crippen molar-refractivity contribution in [3.8, 4) is 0 Å². The molecule has 0 aromatic carbocycles. The molecule has 0 bridgehead atoms. The van der Waals surface area contributed by atoms with Crippen LogP contribution in [-0.4, -0.2) is 24.7 Å². The van der Waals surface area contributed by atoms with E-state index in [-0.39, 0.29) is 12.1 Å². The van der Waals surface area contributed by atoms with Crippen LogP contribution in [0.3, 0.4) is 0 Å². The van der Waals surface area contributed by atoms with Gasteiger partial charge in [-0.05, 0) is 39.5 Å². The van der Waals surface area contributed by atoms with Gasteiger partial charge in [-0.2, -0.15) is 0 Å². The minimum atomic E-state index is -0.138. The van der Waals surface area contributed by atoms with Crippen LogP contribution in [0.2, 0.25) is 0 Å². The number of hydrogen-bond acceptors (Lipinski definition) is 3. The van der Waals surface area contributed by atoms with Crippen LogP contribution in [0, 0.1) is 5.92 Å². The standard InChI is InChI=1S/C14H27NO2/c1-11(2)17-14(16)10-15-12(3)13-8-6-4-5-7-9-13/h11-13,15H,4-10H2,1-3H3/t12-/m0/s1. The Morgan fingerprint density at radius 3 is 2.29 bits per heavy atom. The van der Waals surface area contributed by atoms with Crippen molar-refractivity contribution in [2.45, 2.75) is 71.4 Å². The van der Waals surface area contributed by atoms with Crippen LogP contribution in [0.4, 0.5) is 0 Å². The Labute approximate surface area is 105 Å². The molecule has 0 aromatic heterocycles. The fourth-order valence-corrected chi connectivity index (χ4v) is 2.53. The maximum absolute atomic E-state index is 11.4. The highest BCUT2D eigenvalue weighted by atomic mass is 16.5. The van der Waals surface area contributed by atoms with E-state index in [1.165, 1.54) is 38.5 Å². The van der Waals surface area contributed by atoms with Crippen molar-refractivity contribution in [2.75, 3.05) is 6.54 Å². The molecule has 0 unspecified atom stereocenters. The largest absolute Gasteiger partial charge is 0.462 e. The molecule has 1 aliphatic carbocycles. The number of ether oxygens (including phenoxy) is 1. The first kappa shape index (κ1) is 14.5. The highest BCUT2D eigenvalue weighted by Crippen LogP contribution is 2.25. The molecule has 17 heavy (non-hydrogen) atoms. The molecule has 100 valence electrons. The minimum Gasteiger partial charge on any atom is -0.462 e. The Morgan fingerprint density at radius 2 is 1.76 bits per heavy atom. The third-order valence-electron chi connectivity index (χ3n) is 3.54. The van der Waals surface area contributed by atoms with E-state index in [0.717, 1.165) is 5.92 Å². The first-order valence-corrected chi connectivity index (χ1v) is 7.02. The van der Waals surface area contributed by atoms with E-state index in [0.29, 0.717) is 12.6 Å². The summed E-state index contributed by atoms with van der Waals surface area (Å²) in [6.07, 6.45) is 8.01. The van der Waals surface area contributed by atoms with Crippen molar-refractivity contribution in [3.05, 3.63) is 0 Å². The van der Waals surface area contributed by atoms with Gasteiger partial charge in [0.15, 0.2) is 0 Å². The molecule has 1 aliphatic rings. The lowest BCUT2D eigenvalue weighted by Gasteiger charge is -2.23. The van der Waals surface area contributed by atoms with Crippen LogP contribution in [0.15, 0.2) is 0 Å². The fraction of sp³-hybridized carbons (Fsp3) is 0.929. The number of nitrogens with one attached hydrogen (secondary N) is 1. The van der Waals surface area contributed by atoms with Gasteiger partial charge >= 0.3 is 5.97 Å². The van der Waals surface area contributed by atoms with Gasteiger partial charge in [-0.15, -0.1) is 0 Å². The number of carbonyl (C=O) groups excluding carboxylic acids is 1. The van der Waals surface area contributed by atoms with Gasteiger partial charge in [0.05, 0.1) is 12.6 Å². The normalized spacial score (nSPS) is 20.0. The zero-order valence-corrected chi connectivity index (χ0v) is 11.5. The van der Waals surface area contributed by atoms with Crippen molar-refractivity contribution in [1.29, 1.82) is 0 Å². The van der Waals surface area contributed by atoms with Crippen molar-refractivity contribution < 1.29 is 9.53 Å². The Morgan fingerprint density at radius 1 is 1.18 bits per heavy atom.